The van der Waals surface area contributed by atoms with Gasteiger partial charge in [0.05, 0.1) is 13.2 Å². The average Bonchev–Trinajstić information content (AvgIpc) is 3.27. The molecule has 0 atom stereocenters. The summed E-state index contributed by atoms with van der Waals surface area (Å²) < 4.78 is 39.0. The summed E-state index contributed by atoms with van der Waals surface area (Å²) in [5, 5.41) is 3.14. The number of aromatic nitrogens is 2. The minimum Gasteiger partial charge on any atom is -0.494 e. The van der Waals surface area contributed by atoms with E-state index in [4.69, 9.17) is 9.47 Å². The van der Waals surface area contributed by atoms with Gasteiger partial charge in [-0.15, -0.1) is 0 Å². The lowest BCUT2D eigenvalue weighted by Crippen LogP contribution is -2.29. The van der Waals surface area contributed by atoms with Gasteiger partial charge in [-0.1, -0.05) is 0 Å². The molecule has 1 aromatic carbocycles. The van der Waals surface area contributed by atoms with E-state index in [1.54, 1.807) is 19.1 Å². The number of ether oxygens (including phenoxy) is 2. The zero-order chi connectivity index (χ0) is 21.4. The number of nitrogens with zero attached hydrogens (tertiary/aromatic N) is 3. The van der Waals surface area contributed by atoms with Crippen LogP contribution in [0.3, 0.4) is 0 Å². The van der Waals surface area contributed by atoms with Crippen molar-refractivity contribution >= 4 is 21.7 Å². The van der Waals surface area contributed by atoms with E-state index in [2.05, 4.69) is 24.9 Å². The third-order valence-corrected chi connectivity index (χ3v) is 6.12. The summed E-state index contributed by atoms with van der Waals surface area (Å²) >= 11 is 0. The van der Waals surface area contributed by atoms with Crippen molar-refractivity contribution < 1.29 is 17.9 Å². The second-order valence-electron chi connectivity index (χ2n) is 6.75. The van der Waals surface area contributed by atoms with Gasteiger partial charge in [0.2, 0.25) is 10.0 Å². The van der Waals surface area contributed by atoms with Gasteiger partial charge in [-0.2, -0.15) is 0 Å². The SMILES string of the molecule is CCOc1ccc(S(=O)(=O)NCCNc2cc(N3CCCC3)ncn2)c(OCC)c1. The molecule has 1 aliphatic rings. The van der Waals surface area contributed by atoms with E-state index in [-0.39, 0.29) is 17.2 Å². The molecule has 3 rings (SSSR count). The second kappa shape index (κ2) is 10.4. The zero-order valence-electron chi connectivity index (χ0n) is 17.4. The topological polar surface area (TPSA) is 106 Å². The smallest absolute Gasteiger partial charge is 0.244 e. The highest BCUT2D eigenvalue weighted by atomic mass is 32.2. The van der Waals surface area contributed by atoms with Crippen LogP contribution in [0.15, 0.2) is 35.5 Å². The summed E-state index contributed by atoms with van der Waals surface area (Å²) in [5.74, 6) is 2.40. The van der Waals surface area contributed by atoms with Gasteiger partial charge in [0, 0.05) is 38.3 Å². The highest BCUT2D eigenvalue weighted by Crippen LogP contribution is 2.28. The molecule has 10 heteroatoms. The molecule has 0 unspecified atom stereocenters. The molecule has 0 aliphatic carbocycles. The lowest BCUT2D eigenvalue weighted by atomic mass is 10.3. The molecule has 0 bridgehead atoms. The van der Waals surface area contributed by atoms with Crippen LogP contribution in [0.2, 0.25) is 0 Å². The van der Waals surface area contributed by atoms with Crippen molar-refractivity contribution in [1.82, 2.24) is 14.7 Å². The Morgan fingerprint density at radius 2 is 1.80 bits per heavy atom. The molecule has 0 saturated carbocycles. The number of anilines is 2. The number of rotatable bonds is 11. The Hall–Kier alpha value is -2.59. The fourth-order valence-electron chi connectivity index (χ4n) is 3.25. The largest absolute Gasteiger partial charge is 0.494 e. The van der Waals surface area contributed by atoms with Gasteiger partial charge in [0.1, 0.15) is 34.4 Å². The number of hydrogen-bond acceptors (Lipinski definition) is 8. The van der Waals surface area contributed by atoms with Crippen molar-refractivity contribution in [1.29, 1.82) is 0 Å². The van der Waals surface area contributed by atoms with Crippen molar-refractivity contribution in [3.63, 3.8) is 0 Å². The fourth-order valence-corrected chi connectivity index (χ4v) is 4.41. The minimum absolute atomic E-state index is 0.0890. The van der Waals surface area contributed by atoms with Gasteiger partial charge in [0.15, 0.2) is 0 Å². The second-order valence-corrected chi connectivity index (χ2v) is 8.49. The Labute approximate surface area is 177 Å². The number of nitrogens with one attached hydrogen (secondary N) is 2. The van der Waals surface area contributed by atoms with Gasteiger partial charge in [-0.25, -0.2) is 23.1 Å². The quantitative estimate of drug-likeness (QED) is 0.518. The maximum absolute atomic E-state index is 12.7. The zero-order valence-corrected chi connectivity index (χ0v) is 18.2. The molecule has 2 heterocycles. The van der Waals surface area contributed by atoms with Gasteiger partial charge in [0.25, 0.3) is 0 Å². The lowest BCUT2D eigenvalue weighted by molar-refractivity contribution is 0.317. The maximum atomic E-state index is 12.7. The summed E-state index contributed by atoms with van der Waals surface area (Å²) in [4.78, 5) is 10.8. The van der Waals surface area contributed by atoms with Crippen LogP contribution >= 0.6 is 0 Å². The summed E-state index contributed by atoms with van der Waals surface area (Å²) in [6.07, 6.45) is 3.86. The van der Waals surface area contributed by atoms with Gasteiger partial charge < -0.3 is 19.7 Å². The van der Waals surface area contributed by atoms with Crippen molar-refractivity contribution in [2.45, 2.75) is 31.6 Å². The monoisotopic (exact) mass is 435 g/mol. The first-order valence-electron chi connectivity index (χ1n) is 10.2. The molecule has 1 aliphatic heterocycles. The van der Waals surface area contributed by atoms with Crippen molar-refractivity contribution in [3.05, 3.63) is 30.6 Å². The third kappa shape index (κ3) is 5.73. The van der Waals surface area contributed by atoms with E-state index < -0.39 is 10.0 Å². The maximum Gasteiger partial charge on any atom is 0.244 e. The Morgan fingerprint density at radius 3 is 2.53 bits per heavy atom. The number of sulfonamides is 1. The third-order valence-electron chi connectivity index (χ3n) is 4.62. The van der Waals surface area contributed by atoms with Crippen LogP contribution in [-0.2, 0) is 10.0 Å². The highest BCUT2D eigenvalue weighted by Gasteiger charge is 2.20. The molecule has 0 radical (unpaired) electrons. The van der Waals surface area contributed by atoms with E-state index >= 15 is 0 Å². The molecule has 1 saturated heterocycles. The molecule has 2 aromatic rings. The predicted molar refractivity (Wildman–Crippen MR) is 116 cm³/mol. The Bertz CT molecular complexity index is 933. The van der Waals surface area contributed by atoms with Crippen LogP contribution in [-0.4, -0.2) is 57.8 Å². The average molecular weight is 436 g/mol. The van der Waals surface area contributed by atoms with Gasteiger partial charge >= 0.3 is 0 Å². The van der Waals surface area contributed by atoms with Crippen molar-refractivity contribution in [2.24, 2.45) is 0 Å². The molecule has 0 amide bonds. The van der Waals surface area contributed by atoms with Crippen LogP contribution in [0, 0.1) is 0 Å². The molecular weight excluding hydrogens is 406 g/mol. The van der Waals surface area contributed by atoms with Crippen molar-refractivity contribution in [3.8, 4) is 11.5 Å². The first-order valence-corrected chi connectivity index (χ1v) is 11.7. The summed E-state index contributed by atoms with van der Waals surface area (Å²) in [5.41, 5.74) is 0. The van der Waals surface area contributed by atoms with Crippen molar-refractivity contribution in [2.75, 3.05) is 49.6 Å². The van der Waals surface area contributed by atoms with E-state index in [0.29, 0.717) is 31.3 Å². The van der Waals surface area contributed by atoms with Crippen LogP contribution in [0.25, 0.3) is 0 Å². The van der Waals surface area contributed by atoms with Crippen LogP contribution < -0.4 is 24.4 Å². The number of hydrogen-bond donors (Lipinski definition) is 2. The van der Waals surface area contributed by atoms with Crippen LogP contribution in [0.1, 0.15) is 26.7 Å². The summed E-state index contributed by atoms with van der Waals surface area (Å²) in [6.45, 7) is 7.10. The fraction of sp³-hybridized carbons (Fsp3) is 0.500. The Morgan fingerprint density at radius 1 is 1.03 bits per heavy atom. The summed E-state index contributed by atoms with van der Waals surface area (Å²) in [6, 6.07) is 6.61. The standard InChI is InChI=1S/C20H29N5O4S/c1-3-28-16-7-8-18(17(13-16)29-4-2)30(26,27)24-10-9-21-19-14-20(23-15-22-19)25-11-5-6-12-25/h7-8,13-15,24H,3-6,9-12H2,1-2H3,(H,21,22,23). The normalized spacial score (nSPS) is 14.0. The van der Waals surface area contributed by atoms with Crippen LogP contribution in [0.4, 0.5) is 11.6 Å². The highest BCUT2D eigenvalue weighted by molar-refractivity contribution is 7.89. The molecular formula is C20H29N5O4S. The molecule has 30 heavy (non-hydrogen) atoms. The molecule has 9 nitrogen and oxygen atoms in total. The first-order chi connectivity index (χ1) is 14.5. The van der Waals surface area contributed by atoms with Gasteiger partial charge in [-0.3, -0.25) is 0 Å². The van der Waals surface area contributed by atoms with E-state index in [1.807, 2.05) is 13.0 Å². The van der Waals surface area contributed by atoms with Gasteiger partial charge in [-0.05, 0) is 38.8 Å². The molecule has 1 aromatic heterocycles. The Kier molecular flexibility index (Phi) is 7.69. The molecule has 2 N–H and O–H groups in total. The molecule has 1 fully saturated rings. The minimum atomic E-state index is -3.73. The van der Waals surface area contributed by atoms with E-state index in [9.17, 15) is 8.42 Å². The van der Waals surface area contributed by atoms with Crippen LogP contribution in [0.5, 0.6) is 11.5 Å². The Balaban J connectivity index is 1.58. The first kappa shape index (κ1) is 22.1. The molecule has 0 spiro atoms. The lowest BCUT2D eigenvalue weighted by Gasteiger charge is -2.17. The van der Waals surface area contributed by atoms with E-state index in [1.165, 1.54) is 25.2 Å². The number of benzene rings is 1. The molecule has 164 valence electrons. The summed E-state index contributed by atoms with van der Waals surface area (Å²) in [7, 11) is -3.73. The van der Waals surface area contributed by atoms with E-state index in [0.717, 1.165) is 18.9 Å². The predicted octanol–water partition coefficient (Wildman–Crippen LogP) is 2.26.